The highest BCUT2D eigenvalue weighted by Crippen LogP contribution is 2.45. The number of nitrogens with one attached hydrogen (secondary N) is 1. The van der Waals surface area contributed by atoms with E-state index in [0.717, 1.165) is 38.8 Å². The minimum absolute atomic E-state index is 0.573. The molecule has 1 saturated carbocycles. The van der Waals surface area contributed by atoms with Crippen LogP contribution in [0.3, 0.4) is 0 Å². The van der Waals surface area contributed by atoms with Crippen LogP contribution in [0.25, 0.3) is 0 Å². The molecule has 1 unspecified atom stereocenters. The smallest absolute Gasteiger partial charge is 0.193 e. The van der Waals surface area contributed by atoms with Crippen LogP contribution in [0, 0.1) is 11.3 Å². The van der Waals surface area contributed by atoms with E-state index in [1.165, 1.54) is 51.6 Å². The second kappa shape index (κ2) is 8.72. The Bertz CT molecular complexity index is 439. The van der Waals surface area contributed by atoms with E-state index in [2.05, 4.69) is 34.0 Å². The Kier molecular flexibility index (Phi) is 6.61. The highest BCUT2D eigenvalue weighted by molar-refractivity contribution is 5.80. The summed E-state index contributed by atoms with van der Waals surface area (Å²) in [5, 5.41) is 3.71. The molecule has 2 aliphatic heterocycles. The van der Waals surface area contributed by atoms with Gasteiger partial charge in [0.2, 0.25) is 0 Å². The molecule has 25 heavy (non-hydrogen) atoms. The minimum Gasteiger partial charge on any atom is -0.379 e. The zero-order valence-electron chi connectivity index (χ0n) is 16.6. The first kappa shape index (κ1) is 19.0. The molecule has 1 spiro atoms. The van der Waals surface area contributed by atoms with E-state index in [4.69, 9.17) is 4.74 Å². The second-order valence-electron chi connectivity index (χ2n) is 8.74. The molecule has 3 rings (SSSR count). The molecule has 0 aromatic rings. The molecule has 5 heteroatoms. The first-order valence-corrected chi connectivity index (χ1v) is 10.4. The second-order valence-corrected chi connectivity index (χ2v) is 8.74. The topological polar surface area (TPSA) is 40.1 Å². The Labute approximate surface area is 154 Å². The Hall–Kier alpha value is -0.810. The zero-order chi connectivity index (χ0) is 17.7. The summed E-state index contributed by atoms with van der Waals surface area (Å²) in [5.74, 6) is 1.83. The van der Waals surface area contributed by atoms with Crippen LogP contribution < -0.4 is 5.32 Å². The molecule has 1 atom stereocenters. The Morgan fingerprint density at radius 3 is 2.48 bits per heavy atom. The third-order valence-electron chi connectivity index (χ3n) is 6.42. The fourth-order valence-electron chi connectivity index (χ4n) is 5.04. The van der Waals surface area contributed by atoms with E-state index in [0.29, 0.717) is 17.4 Å². The maximum Gasteiger partial charge on any atom is 0.193 e. The van der Waals surface area contributed by atoms with Crippen LogP contribution in [-0.4, -0.2) is 74.8 Å². The molecule has 144 valence electrons. The lowest BCUT2D eigenvalue weighted by Crippen LogP contribution is -2.51. The molecule has 0 radical (unpaired) electrons. The van der Waals surface area contributed by atoms with E-state index in [-0.39, 0.29) is 0 Å². The normalized spacial score (nSPS) is 25.9. The summed E-state index contributed by atoms with van der Waals surface area (Å²) in [6.45, 7) is 11.9. The first-order valence-electron chi connectivity index (χ1n) is 10.4. The third kappa shape index (κ3) is 4.88. The van der Waals surface area contributed by atoms with Crippen molar-refractivity contribution in [1.82, 2.24) is 15.1 Å². The number of hydrogen-bond acceptors (Lipinski definition) is 3. The van der Waals surface area contributed by atoms with Gasteiger partial charge in [0.25, 0.3) is 0 Å². The number of aliphatic imine (C=N–C) groups is 1. The molecule has 2 heterocycles. The Morgan fingerprint density at radius 2 is 1.84 bits per heavy atom. The average Bonchev–Trinajstić information content (AvgIpc) is 3.25. The van der Waals surface area contributed by atoms with Gasteiger partial charge < -0.3 is 15.0 Å². The summed E-state index contributed by atoms with van der Waals surface area (Å²) in [7, 11) is 1.94. The predicted molar refractivity (Wildman–Crippen MR) is 104 cm³/mol. The summed E-state index contributed by atoms with van der Waals surface area (Å²) in [5.41, 5.74) is 0.596. The lowest BCUT2D eigenvalue weighted by atomic mass is 9.86. The molecule has 2 saturated heterocycles. The number of rotatable bonds is 5. The molecule has 3 aliphatic rings. The van der Waals surface area contributed by atoms with Crippen molar-refractivity contribution in [3.63, 3.8) is 0 Å². The van der Waals surface area contributed by atoms with Gasteiger partial charge >= 0.3 is 0 Å². The standard InChI is InChI=1S/C20H38N4O/c1-17(2)14-18(23-10-12-25-13-11-23)15-22-19(21-3)24-9-8-20(16-24)6-4-5-7-20/h17-18H,4-16H2,1-3H3,(H,21,22). The number of hydrogen-bond donors (Lipinski definition) is 1. The third-order valence-corrected chi connectivity index (χ3v) is 6.42. The average molecular weight is 351 g/mol. The molecule has 5 nitrogen and oxygen atoms in total. The van der Waals surface area contributed by atoms with Gasteiger partial charge in [-0.25, -0.2) is 0 Å². The highest BCUT2D eigenvalue weighted by atomic mass is 16.5. The van der Waals surface area contributed by atoms with Crippen molar-refractivity contribution in [2.45, 2.75) is 58.4 Å². The summed E-state index contributed by atoms with van der Waals surface area (Å²) < 4.78 is 5.54. The highest BCUT2D eigenvalue weighted by Gasteiger charge is 2.41. The molecule has 1 aliphatic carbocycles. The van der Waals surface area contributed by atoms with Crippen molar-refractivity contribution in [3.8, 4) is 0 Å². The van der Waals surface area contributed by atoms with Gasteiger partial charge in [0.15, 0.2) is 5.96 Å². The number of ether oxygens (including phenoxy) is 1. The van der Waals surface area contributed by atoms with Crippen molar-refractivity contribution >= 4 is 5.96 Å². The number of morpholine rings is 1. The van der Waals surface area contributed by atoms with Gasteiger partial charge in [0.1, 0.15) is 0 Å². The van der Waals surface area contributed by atoms with Gasteiger partial charge in [-0.1, -0.05) is 26.7 Å². The van der Waals surface area contributed by atoms with Gasteiger partial charge in [-0.2, -0.15) is 0 Å². The van der Waals surface area contributed by atoms with Crippen molar-refractivity contribution in [1.29, 1.82) is 0 Å². The van der Waals surface area contributed by atoms with Gasteiger partial charge in [0, 0.05) is 45.8 Å². The predicted octanol–water partition coefficient (Wildman–Crippen LogP) is 2.57. The molecule has 0 amide bonds. The Morgan fingerprint density at radius 1 is 1.12 bits per heavy atom. The van der Waals surface area contributed by atoms with Gasteiger partial charge in [-0.15, -0.1) is 0 Å². The van der Waals surface area contributed by atoms with Crippen LogP contribution in [0.5, 0.6) is 0 Å². The van der Waals surface area contributed by atoms with Crippen molar-refractivity contribution in [2.24, 2.45) is 16.3 Å². The van der Waals surface area contributed by atoms with Crippen LogP contribution >= 0.6 is 0 Å². The number of nitrogens with zero attached hydrogens (tertiary/aromatic N) is 3. The first-order chi connectivity index (χ1) is 12.1. The molecular weight excluding hydrogens is 312 g/mol. The van der Waals surface area contributed by atoms with Crippen molar-refractivity contribution in [2.75, 3.05) is 53.0 Å². The van der Waals surface area contributed by atoms with E-state index in [1.54, 1.807) is 0 Å². The van der Waals surface area contributed by atoms with Crippen LogP contribution in [-0.2, 0) is 4.74 Å². The van der Waals surface area contributed by atoms with Crippen molar-refractivity contribution < 1.29 is 4.74 Å². The number of likely N-dealkylation sites (tertiary alicyclic amines) is 1. The fraction of sp³-hybridized carbons (Fsp3) is 0.950. The van der Waals surface area contributed by atoms with Crippen LogP contribution in [0.4, 0.5) is 0 Å². The number of guanidine groups is 1. The van der Waals surface area contributed by atoms with E-state index >= 15 is 0 Å². The van der Waals surface area contributed by atoms with E-state index in [1.807, 2.05) is 7.05 Å². The van der Waals surface area contributed by atoms with E-state index < -0.39 is 0 Å². The lowest BCUT2D eigenvalue weighted by molar-refractivity contribution is 0.0131. The lowest BCUT2D eigenvalue weighted by Gasteiger charge is -2.36. The van der Waals surface area contributed by atoms with Crippen LogP contribution in [0.2, 0.25) is 0 Å². The SMILES string of the molecule is CN=C(NCC(CC(C)C)N1CCOCC1)N1CCC2(CCCC2)C1. The fourth-order valence-corrected chi connectivity index (χ4v) is 5.04. The molecule has 1 N–H and O–H groups in total. The van der Waals surface area contributed by atoms with E-state index in [9.17, 15) is 0 Å². The van der Waals surface area contributed by atoms with Crippen molar-refractivity contribution in [3.05, 3.63) is 0 Å². The summed E-state index contributed by atoms with van der Waals surface area (Å²) in [4.78, 5) is 9.72. The van der Waals surface area contributed by atoms with Gasteiger partial charge in [0.05, 0.1) is 13.2 Å². The van der Waals surface area contributed by atoms with Crippen LogP contribution in [0.15, 0.2) is 4.99 Å². The minimum atomic E-state index is 0.573. The molecule has 0 bridgehead atoms. The van der Waals surface area contributed by atoms with Gasteiger partial charge in [-0.3, -0.25) is 9.89 Å². The molecule has 0 aromatic heterocycles. The summed E-state index contributed by atoms with van der Waals surface area (Å²) in [6, 6.07) is 0.573. The summed E-state index contributed by atoms with van der Waals surface area (Å²) >= 11 is 0. The maximum absolute atomic E-state index is 5.54. The molecule has 0 aromatic carbocycles. The quantitative estimate of drug-likeness (QED) is 0.611. The monoisotopic (exact) mass is 350 g/mol. The Balaban J connectivity index is 1.54. The summed E-state index contributed by atoms with van der Waals surface area (Å²) in [6.07, 6.45) is 8.27. The largest absolute Gasteiger partial charge is 0.379 e. The maximum atomic E-state index is 5.54. The van der Waals surface area contributed by atoms with Gasteiger partial charge in [-0.05, 0) is 37.0 Å². The van der Waals surface area contributed by atoms with Crippen LogP contribution in [0.1, 0.15) is 52.4 Å². The zero-order valence-corrected chi connectivity index (χ0v) is 16.6. The molecular formula is C20H38N4O. The molecule has 3 fully saturated rings.